The van der Waals surface area contributed by atoms with E-state index in [-0.39, 0.29) is 0 Å². The van der Waals surface area contributed by atoms with Crippen molar-refractivity contribution in [2.45, 2.75) is 0 Å². The molecular formula is C92H56O2. The molecule has 436 valence electrons. The lowest BCUT2D eigenvalue weighted by atomic mass is 9.84. The molecule has 17 aromatic carbocycles. The molecule has 2 heterocycles. The molecule has 0 saturated carbocycles. The summed E-state index contributed by atoms with van der Waals surface area (Å²) in [5.41, 5.74) is 24.6. The average Bonchev–Trinajstić information content (AvgIpc) is 1.29. The zero-order chi connectivity index (χ0) is 61.8. The van der Waals surface area contributed by atoms with Crippen LogP contribution in [-0.4, -0.2) is 0 Å². The van der Waals surface area contributed by atoms with Gasteiger partial charge >= 0.3 is 0 Å². The van der Waals surface area contributed by atoms with E-state index in [2.05, 4.69) is 340 Å². The van der Waals surface area contributed by atoms with Crippen molar-refractivity contribution in [1.82, 2.24) is 0 Å². The van der Waals surface area contributed by atoms with E-state index < -0.39 is 0 Å². The Kier molecular flexibility index (Phi) is 12.3. The Labute approximate surface area is 543 Å². The van der Waals surface area contributed by atoms with Crippen molar-refractivity contribution in [1.29, 1.82) is 0 Å². The van der Waals surface area contributed by atoms with E-state index in [4.69, 9.17) is 8.83 Å². The molecule has 0 aliphatic heterocycles. The third-order valence-electron chi connectivity index (χ3n) is 19.6. The maximum Gasteiger partial charge on any atom is 0.143 e. The number of furan rings is 2. The molecule has 0 unspecified atom stereocenters. The van der Waals surface area contributed by atoms with E-state index in [0.29, 0.717) is 0 Å². The highest BCUT2D eigenvalue weighted by atomic mass is 16.3. The van der Waals surface area contributed by atoms with Gasteiger partial charge in [-0.2, -0.15) is 0 Å². The quantitative estimate of drug-likeness (QED) is 0.135. The smallest absolute Gasteiger partial charge is 0.143 e. The normalized spacial score (nSPS) is 11.8. The molecule has 0 atom stereocenters. The fraction of sp³-hybridized carbons (Fsp3) is 0. The minimum atomic E-state index is 0.866. The Hall–Kier alpha value is -12.4. The second-order valence-corrected chi connectivity index (χ2v) is 24.9. The molecule has 94 heavy (non-hydrogen) atoms. The van der Waals surface area contributed by atoms with Gasteiger partial charge in [-0.15, -0.1) is 0 Å². The lowest BCUT2D eigenvalue weighted by Gasteiger charge is -2.19. The first-order valence-electron chi connectivity index (χ1n) is 32.4. The SMILES string of the molecule is c1ccc(-c2ccc(-c3c4ccccc4c(-c4cc(-c5ccc6ccc(-c7cccc(-c8cccc(-c9c%10ccccc%10c(-c%10ccc(-c%11ccccc%11)c%11oc%12ccccc%12c%10%11)c%10ccccc9%10)c8)c7)cc6c5)cc5oc6ccccc6c45)c4ccccc34)cc2)cc1. The van der Waals surface area contributed by atoms with Crippen LogP contribution in [0, 0.1) is 0 Å². The summed E-state index contributed by atoms with van der Waals surface area (Å²) in [6, 6.07) is 124. The van der Waals surface area contributed by atoms with E-state index in [0.717, 1.165) is 99.5 Å². The van der Waals surface area contributed by atoms with Crippen LogP contribution in [-0.2, 0) is 0 Å². The van der Waals surface area contributed by atoms with Crippen molar-refractivity contribution in [3.8, 4) is 100 Å². The van der Waals surface area contributed by atoms with Gasteiger partial charge in [-0.3, -0.25) is 0 Å². The summed E-state index contributed by atoms with van der Waals surface area (Å²) in [6.45, 7) is 0. The third kappa shape index (κ3) is 8.65. The van der Waals surface area contributed by atoms with Crippen LogP contribution in [0.3, 0.4) is 0 Å². The van der Waals surface area contributed by atoms with E-state index in [1.165, 1.54) is 98.4 Å². The van der Waals surface area contributed by atoms with Gasteiger partial charge in [0.15, 0.2) is 0 Å². The summed E-state index contributed by atoms with van der Waals surface area (Å²) >= 11 is 0. The van der Waals surface area contributed by atoms with E-state index in [1.807, 2.05) is 0 Å². The molecule has 2 heteroatoms. The number of para-hydroxylation sites is 2. The van der Waals surface area contributed by atoms with Gasteiger partial charge in [0.25, 0.3) is 0 Å². The lowest BCUT2D eigenvalue weighted by molar-refractivity contribution is 0.669. The topological polar surface area (TPSA) is 26.3 Å². The zero-order valence-electron chi connectivity index (χ0n) is 51.1. The monoisotopic (exact) mass is 1190 g/mol. The van der Waals surface area contributed by atoms with Crippen molar-refractivity contribution in [3.63, 3.8) is 0 Å². The maximum atomic E-state index is 6.88. The number of rotatable bonds is 9. The van der Waals surface area contributed by atoms with Crippen LogP contribution in [0.15, 0.2) is 349 Å². The van der Waals surface area contributed by atoms with Gasteiger partial charge in [0.1, 0.15) is 22.3 Å². The number of hydrogen-bond donors (Lipinski definition) is 0. The Morgan fingerprint density at radius 2 is 0.532 bits per heavy atom. The molecule has 2 nitrogen and oxygen atoms in total. The fourth-order valence-corrected chi connectivity index (χ4v) is 15.4. The van der Waals surface area contributed by atoms with E-state index in [9.17, 15) is 0 Å². The van der Waals surface area contributed by atoms with Crippen LogP contribution in [0.5, 0.6) is 0 Å². The molecule has 0 aliphatic rings. The first-order valence-corrected chi connectivity index (χ1v) is 32.4. The molecule has 19 rings (SSSR count). The summed E-state index contributed by atoms with van der Waals surface area (Å²) < 4.78 is 13.7. The van der Waals surface area contributed by atoms with Gasteiger partial charge in [0, 0.05) is 27.1 Å². The van der Waals surface area contributed by atoms with Crippen LogP contribution >= 0.6 is 0 Å². The molecule has 0 saturated heterocycles. The van der Waals surface area contributed by atoms with Crippen molar-refractivity contribution in [2.75, 3.05) is 0 Å². The predicted molar refractivity (Wildman–Crippen MR) is 397 cm³/mol. The summed E-state index contributed by atoms with van der Waals surface area (Å²) in [7, 11) is 0. The third-order valence-corrected chi connectivity index (χ3v) is 19.6. The highest BCUT2D eigenvalue weighted by Crippen LogP contribution is 2.51. The molecule has 19 aromatic rings. The second kappa shape index (κ2) is 21.7. The molecule has 0 radical (unpaired) electrons. The van der Waals surface area contributed by atoms with Crippen molar-refractivity contribution in [2.24, 2.45) is 0 Å². The molecule has 0 aliphatic carbocycles. The Balaban J connectivity index is 0.709. The molecule has 2 aromatic heterocycles. The van der Waals surface area contributed by atoms with E-state index >= 15 is 0 Å². The lowest BCUT2D eigenvalue weighted by Crippen LogP contribution is -1.92. The molecule has 0 fully saturated rings. The standard InChI is InChI=1S/C92H56O2/c1-3-21-57(22-4-1)58-41-45-61(46-42-58)86-71-29-7-13-35-77(71)89(78-36-14-8-30-72(78)86)82-55-69(56-85-90(82)79-37-15-17-39-83(79)93-85)66-48-44-59-43-47-65(53-68(59)54-66)63-26-19-25-62(51-63)64-27-20-28-67(52-64)87-73-31-9-11-33-75(73)88(76-34-12-10-32-74(76)87)81-50-49-70(60-23-5-2-6-24-60)92-91(81)80-38-16-18-40-84(80)94-92/h1-56H. The summed E-state index contributed by atoms with van der Waals surface area (Å²) in [4.78, 5) is 0. The van der Waals surface area contributed by atoms with Crippen LogP contribution in [0.1, 0.15) is 0 Å². The summed E-state index contributed by atoms with van der Waals surface area (Å²) in [6.07, 6.45) is 0. The Morgan fingerprint density at radius 1 is 0.160 bits per heavy atom. The van der Waals surface area contributed by atoms with Crippen molar-refractivity contribution >= 4 is 97.7 Å². The fourth-order valence-electron chi connectivity index (χ4n) is 15.4. The molecule has 0 amide bonds. The zero-order valence-corrected chi connectivity index (χ0v) is 51.1. The maximum absolute atomic E-state index is 6.88. The highest BCUT2D eigenvalue weighted by Gasteiger charge is 2.25. The second-order valence-electron chi connectivity index (χ2n) is 24.9. The number of fused-ring (bicyclic) bond motifs is 11. The summed E-state index contributed by atoms with van der Waals surface area (Å²) in [5, 5.41) is 16.5. The Bertz CT molecular complexity index is 6150. The van der Waals surface area contributed by atoms with Gasteiger partial charge in [-0.1, -0.05) is 285 Å². The molecular weight excluding hydrogens is 1140 g/mol. The number of hydrogen-bond acceptors (Lipinski definition) is 2. The first kappa shape index (κ1) is 53.5. The number of benzene rings is 17. The van der Waals surface area contributed by atoms with Crippen LogP contribution < -0.4 is 0 Å². The van der Waals surface area contributed by atoms with Crippen LogP contribution in [0.2, 0.25) is 0 Å². The van der Waals surface area contributed by atoms with Crippen molar-refractivity contribution in [3.05, 3.63) is 340 Å². The minimum absolute atomic E-state index is 0.866. The average molecular weight is 1190 g/mol. The predicted octanol–water partition coefficient (Wildman–Crippen LogP) is 26.3. The van der Waals surface area contributed by atoms with Gasteiger partial charge in [-0.25, -0.2) is 0 Å². The van der Waals surface area contributed by atoms with E-state index in [1.54, 1.807) is 0 Å². The summed E-state index contributed by atoms with van der Waals surface area (Å²) in [5.74, 6) is 0. The van der Waals surface area contributed by atoms with Gasteiger partial charge < -0.3 is 8.83 Å². The first-order chi connectivity index (χ1) is 46.6. The molecule has 0 spiro atoms. The molecule has 0 N–H and O–H groups in total. The largest absolute Gasteiger partial charge is 0.456 e. The molecule has 0 bridgehead atoms. The van der Waals surface area contributed by atoms with Gasteiger partial charge in [0.05, 0.1) is 0 Å². The van der Waals surface area contributed by atoms with Crippen LogP contribution in [0.25, 0.3) is 198 Å². The minimum Gasteiger partial charge on any atom is -0.456 e. The highest BCUT2D eigenvalue weighted by molar-refractivity contribution is 6.28. The van der Waals surface area contributed by atoms with Crippen molar-refractivity contribution < 1.29 is 8.83 Å². The van der Waals surface area contributed by atoms with Gasteiger partial charge in [0.2, 0.25) is 0 Å². The van der Waals surface area contributed by atoms with Gasteiger partial charge in [-0.05, 0) is 203 Å². The Morgan fingerprint density at radius 3 is 1.10 bits per heavy atom. The van der Waals surface area contributed by atoms with Crippen LogP contribution in [0.4, 0.5) is 0 Å².